The maximum Gasteiger partial charge on any atom is 0.415 e. The van der Waals surface area contributed by atoms with Gasteiger partial charge in [-0.05, 0) is 42.8 Å². The smallest absolute Gasteiger partial charge is 0.415 e. The summed E-state index contributed by atoms with van der Waals surface area (Å²) in [6.07, 6.45) is 0.344. The van der Waals surface area contributed by atoms with Crippen LogP contribution in [-0.2, 0) is 16.0 Å². The molecule has 6 nitrogen and oxygen atoms in total. The number of amides is 1. The Kier molecular flexibility index (Phi) is 4.69. The lowest BCUT2D eigenvalue weighted by Crippen LogP contribution is -2.42. The Morgan fingerprint density at radius 2 is 1.94 bits per heavy atom. The molecular formula is C23H22F2N2O4. The maximum absolute atomic E-state index is 14.6. The van der Waals surface area contributed by atoms with Crippen molar-refractivity contribution in [1.82, 2.24) is 4.90 Å². The molecule has 1 amide bonds. The van der Waals surface area contributed by atoms with E-state index >= 15 is 0 Å². The summed E-state index contributed by atoms with van der Waals surface area (Å²) < 4.78 is 38.7. The number of methoxy groups -OCH3 is 1. The van der Waals surface area contributed by atoms with Crippen molar-refractivity contribution in [2.45, 2.75) is 18.6 Å². The summed E-state index contributed by atoms with van der Waals surface area (Å²) in [7, 11) is 1.29. The summed E-state index contributed by atoms with van der Waals surface area (Å²) in [6.45, 7) is 2.67. The topological polar surface area (TPSA) is 59.1 Å². The normalized spacial score (nSPS) is 27.5. The van der Waals surface area contributed by atoms with Gasteiger partial charge >= 0.3 is 12.1 Å². The molecule has 3 heterocycles. The predicted octanol–water partition coefficient (Wildman–Crippen LogP) is 3.60. The second-order valence-electron chi connectivity index (χ2n) is 8.43. The molecule has 4 atom stereocenters. The molecule has 162 valence electrons. The second-order valence-corrected chi connectivity index (χ2v) is 8.43. The van der Waals surface area contributed by atoms with Crippen LogP contribution in [0, 0.1) is 23.5 Å². The summed E-state index contributed by atoms with van der Waals surface area (Å²) in [5.74, 6) is -1.34. The highest BCUT2D eigenvalue weighted by Gasteiger charge is 2.74. The third-order valence-corrected chi connectivity index (χ3v) is 6.73. The molecule has 3 aliphatic heterocycles. The van der Waals surface area contributed by atoms with Gasteiger partial charge in [-0.1, -0.05) is 12.1 Å². The molecule has 4 bridgehead atoms. The number of carbonyl (C=O) groups excluding carboxylic acids is 2. The van der Waals surface area contributed by atoms with Gasteiger partial charge in [-0.15, -0.1) is 0 Å². The highest BCUT2D eigenvalue weighted by atomic mass is 19.1. The lowest BCUT2D eigenvalue weighted by atomic mass is 10.1. The van der Waals surface area contributed by atoms with Gasteiger partial charge in [0.05, 0.1) is 24.9 Å². The molecule has 1 aliphatic carbocycles. The van der Waals surface area contributed by atoms with Crippen LogP contribution in [0.3, 0.4) is 0 Å². The molecule has 0 spiro atoms. The molecule has 1 saturated carbocycles. The van der Waals surface area contributed by atoms with E-state index in [0.717, 1.165) is 31.6 Å². The van der Waals surface area contributed by atoms with Crippen molar-refractivity contribution in [3.8, 4) is 0 Å². The van der Waals surface area contributed by atoms with Gasteiger partial charge in [-0.25, -0.2) is 18.4 Å². The highest BCUT2D eigenvalue weighted by molar-refractivity contribution is 5.90. The van der Waals surface area contributed by atoms with E-state index in [9.17, 15) is 18.4 Å². The monoisotopic (exact) mass is 428 g/mol. The van der Waals surface area contributed by atoms with Gasteiger partial charge in [0.2, 0.25) is 0 Å². The van der Waals surface area contributed by atoms with E-state index in [2.05, 4.69) is 4.90 Å². The Labute approximate surface area is 178 Å². The average molecular weight is 428 g/mol. The fourth-order valence-electron chi connectivity index (χ4n) is 5.12. The van der Waals surface area contributed by atoms with Crippen LogP contribution in [0.5, 0.6) is 0 Å². The minimum atomic E-state index is -0.843. The highest BCUT2D eigenvalue weighted by Crippen LogP contribution is 2.63. The maximum atomic E-state index is 14.6. The van der Waals surface area contributed by atoms with Gasteiger partial charge in [-0.3, -0.25) is 9.80 Å². The van der Waals surface area contributed by atoms with E-state index in [1.54, 1.807) is 24.3 Å². The van der Waals surface area contributed by atoms with Gasteiger partial charge in [0.1, 0.15) is 17.2 Å². The van der Waals surface area contributed by atoms with Crippen molar-refractivity contribution in [2.75, 3.05) is 31.6 Å². The van der Waals surface area contributed by atoms with E-state index in [-0.39, 0.29) is 12.2 Å². The minimum absolute atomic E-state index is 0.0119. The SMILES string of the molecule is COC(=O)c1ccc(CN(C(=O)O[C@]23CN4CCC2C3C4)c2ccc(F)cc2F)cc1. The number of ether oxygens (including phenoxy) is 2. The van der Waals surface area contributed by atoms with Crippen LogP contribution in [0.4, 0.5) is 19.3 Å². The van der Waals surface area contributed by atoms with E-state index < -0.39 is 29.3 Å². The van der Waals surface area contributed by atoms with Gasteiger partial charge in [-0.2, -0.15) is 0 Å². The Balaban J connectivity index is 1.41. The number of hydrogen-bond acceptors (Lipinski definition) is 5. The van der Waals surface area contributed by atoms with Crippen LogP contribution < -0.4 is 4.90 Å². The van der Waals surface area contributed by atoms with Crippen LogP contribution in [-0.4, -0.2) is 49.3 Å². The Morgan fingerprint density at radius 3 is 2.52 bits per heavy atom. The summed E-state index contributed by atoms with van der Waals surface area (Å²) in [6, 6.07) is 9.57. The molecule has 3 saturated heterocycles. The molecule has 4 aliphatic rings. The van der Waals surface area contributed by atoms with E-state index in [0.29, 0.717) is 29.5 Å². The largest absolute Gasteiger partial charge is 0.465 e. The average Bonchev–Trinajstić information content (AvgIpc) is 3.26. The first-order chi connectivity index (χ1) is 14.9. The van der Waals surface area contributed by atoms with Crippen molar-refractivity contribution in [3.63, 3.8) is 0 Å². The Bertz CT molecular complexity index is 1040. The Morgan fingerprint density at radius 1 is 1.16 bits per heavy atom. The molecule has 3 unspecified atom stereocenters. The number of hydrogen-bond donors (Lipinski definition) is 0. The van der Waals surface area contributed by atoms with Crippen molar-refractivity contribution in [2.24, 2.45) is 11.8 Å². The molecule has 6 rings (SSSR count). The van der Waals surface area contributed by atoms with Crippen molar-refractivity contribution >= 4 is 17.7 Å². The van der Waals surface area contributed by atoms with Crippen LogP contribution in [0.2, 0.25) is 0 Å². The molecule has 2 aromatic rings. The third kappa shape index (κ3) is 3.35. The fourth-order valence-corrected chi connectivity index (χ4v) is 5.12. The summed E-state index contributed by atoms with van der Waals surface area (Å²) in [5.41, 5.74) is 0.484. The fraction of sp³-hybridized carbons (Fsp3) is 0.391. The number of halogens is 2. The second kappa shape index (κ2) is 7.30. The van der Waals surface area contributed by atoms with Gasteiger partial charge < -0.3 is 9.47 Å². The number of nitrogens with zero attached hydrogens (tertiary/aromatic N) is 2. The number of benzene rings is 2. The first kappa shape index (κ1) is 19.9. The van der Waals surface area contributed by atoms with Crippen LogP contribution in [0.1, 0.15) is 22.3 Å². The van der Waals surface area contributed by atoms with Crippen molar-refractivity contribution in [1.29, 1.82) is 0 Å². The number of piperidine rings is 3. The van der Waals surface area contributed by atoms with E-state index in [1.807, 2.05) is 0 Å². The molecule has 0 aromatic heterocycles. The minimum Gasteiger partial charge on any atom is -0.465 e. The van der Waals surface area contributed by atoms with Crippen LogP contribution in [0.25, 0.3) is 0 Å². The van der Waals surface area contributed by atoms with E-state index in [4.69, 9.17) is 9.47 Å². The summed E-state index contributed by atoms with van der Waals surface area (Å²) in [4.78, 5) is 28.3. The molecule has 4 fully saturated rings. The van der Waals surface area contributed by atoms with Crippen LogP contribution in [0.15, 0.2) is 42.5 Å². The zero-order chi connectivity index (χ0) is 21.8. The number of anilines is 1. The number of esters is 1. The van der Waals surface area contributed by atoms with E-state index in [1.165, 1.54) is 18.1 Å². The standard InChI is InChI=1S/C23H22F2N2O4/c1-30-21(28)15-4-2-14(3-5-15)11-27(20-7-6-16(24)10-19(20)25)22(29)31-23-13-26-9-8-17(23)18(23)12-26/h2-7,10,17-18H,8-9,11-13H2,1H3/t17?,18?,23-/m1/s1. The quantitative estimate of drug-likeness (QED) is 0.682. The van der Waals surface area contributed by atoms with Crippen LogP contribution >= 0.6 is 0 Å². The molecular weight excluding hydrogens is 406 g/mol. The number of carbonyl (C=O) groups is 2. The zero-order valence-corrected chi connectivity index (χ0v) is 17.0. The number of fused-ring (bicyclic) bond motifs is 1. The van der Waals surface area contributed by atoms with Gasteiger partial charge in [0.25, 0.3) is 0 Å². The predicted molar refractivity (Wildman–Crippen MR) is 108 cm³/mol. The lowest BCUT2D eigenvalue weighted by molar-refractivity contribution is 0.0488. The first-order valence-electron chi connectivity index (χ1n) is 10.3. The van der Waals surface area contributed by atoms with Crippen molar-refractivity contribution < 1.29 is 27.8 Å². The molecule has 0 N–H and O–H groups in total. The third-order valence-electron chi connectivity index (χ3n) is 6.73. The van der Waals surface area contributed by atoms with Crippen molar-refractivity contribution in [3.05, 3.63) is 65.2 Å². The first-order valence-corrected chi connectivity index (χ1v) is 10.3. The summed E-state index contributed by atoms with van der Waals surface area (Å²) >= 11 is 0. The molecule has 8 heteroatoms. The van der Waals surface area contributed by atoms with Gasteiger partial charge in [0, 0.05) is 31.0 Å². The Hall–Kier alpha value is -3.00. The number of rotatable bonds is 5. The molecule has 0 radical (unpaired) electrons. The zero-order valence-electron chi connectivity index (χ0n) is 17.0. The van der Waals surface area contributed by atoms with Gasteiger partial charge in [0.15, 0.2) is 0 Å². The lowest BCUT2D eigenvalue weighted by Gasteiger charge is -2.31. The summed E-state index contributed by atoms with van der Waals surface area (Å²) in [5, 5.41) is 0. The molecule has 2 aromatic carbocycles. The molecule has 31 heavy (non-hydrogen) atoms.